The zero-order valence-electron chi connectivity index (χ0n) is 8.79. The number of hydrogen-bond acceptors (Lipinski definition) is 3. The van der Waals surface area contributed by atoms with Gasteiger partial charge in [0.05, 0.1) is 18.8 Å². The highest BCUT2D eigenvalue weighted by Crippen LogP contribution is 1.94. The molecule has 0 saturated heterocycles. The maximum Gasteiger partial charge on any atom is 0.407 e. The summed E-state index contributed by atoms with van der Waals surface area (Å²) in [5.74, 6) is 0. The van der Waals surface area contributed by atoms with Gasteiger partial charge in [-0.1, -0.05) is 6.92 Å². The fraction of sp³-hybridized carbons (Fsp3) is 0.889. The van der Waals surface area contributed by atoms with Gasteiger partial charge in [0.15, 0.2) is 0 Å². The fourth-order valence-corrected chi connectivity index (χ4v) is 0.878. The molecule has 0 aromatic rings. The van der Waals surface area contributed by atoms with Crippen molar-refractivity contribution in [2.75, 3.05) is 13.7 Å². The predicted octanol–water partition coefficient (Wildman–Crippen LogP) is 1.55. The number of ether oxygens (including phenoxy) is 2. The van der Waals surface area contributed by atoms with E-state index in [4.69, 9.17) is 9.47 Å². The van der Waals surface area contributed by atoms with E-state index in [1.54, 1.807) is 7.11 Å². The van der Waals surface area contributed by atoms with Gasteiger partial charge >= 0.3 is 6.09 Å². The predicted molar refractivity (Wildman–Crippen MR) is 50.7 cm³/mol. The Bertz CT molecular complexity index is 148. The number of carbonyl (C=O) groups excluding carboxylic acids is 1. The monoisotopic (exact) mass is 189 g/mol. The number of hydrogen-bond donors (Lipinski definition) is 1. The molecule has 0 bridgehead atoms. The molecule has 0 aromatic carbocycles. The first kappa shape index (κ1) is 12.2. The summed E-state index contributed by atoms with van der Waals surface area (Å²) >= 11 is 0. The molecule has 0 aliphatic rings. The molecule has 78 valence electrons. The van der Waals surface area contributed by atoms with Gasteiger partial charge in [-0.2, -0.15) is 0 Å². The van der Waals surface area contributed by atoms with Crippen molar-refractivity contribution in [3.63, 3.8) is 0 Å². The topological polar surface area (TPSA) is 47.6 Å². The van der Waals surface area contributed by atoms with Crippen LogP contribution in [-0.4, -0.2) is 32.0 Å². The van der Waals surface area contributed by atoms with Crippen LogP contribution >= 0.6 is 0 Å². The molecule has 0 heterocycles. The van der Waals surface area contributed by atoms with Crippen LogP contribution < -0.4 is 5.32 Å². The number of carbonyl (C=O) groups is 1. The van der Waals surface area contributed by atoms with Gasteiger partial charge in [0.2, 0.25) is 0 Å². The Hall–Kier alpha value is -0.770. The minimum atomic E-state index is -0.376. The first-order valence-corrected chi connectivity index (χ1v) is 4.56. The summed E-state index contributed by atoms with van der Waals surface area (Å²) < 4.78 is 9.85. The first-order valence-electron chi connectivity index (χ1n) is 4.56. The van der Waals surface area contributed by atoms with Crippen molar-refractivity contribution < 1.29 is 14.3 Å². The van der Waals surface area contributed by atoms with Gasteiger partial charge in [-0.25, -0.2) is 4.79 Å². The average molecular weight is 189 g/mol. The number of amides is 1. The number of rotatable bonds is 5. The van der Waals surface area contributed by atoms with E-state index in [2.05, 4.69) is 5.32 Å². The van der Waals surface area contributed by atoms with Crippen LogP contribution in [0.2, 0.25) is 0 Å². The smallest absolute Gasteiger partial charge is 0.407 e. The Labute approximate surface area is 79.6 Å². The van der Waals surface area contributed by atoms with Crippen molar-refractivity contribution >= 4 is 6.09 Å². The van der Waals surface area contributed by atoms with Gasteiger partial charge in [-0.15, -0.1) is 0 Å². The molecule has 0 radical (unpaired) electrons. The molecular formula is C9H19NO3. The highest BCUT2D eigenvalue weighted by molar-refractivity contribution is 5.67. The fourth-order valence-electron chi connectivity index (χ4n) is 0.878. The summed E-state index contributed by atoms with van der Waals surface area (Å²) in [5, 5.41) is 2.71. The summed E-state index contributed by atoms with van der Waals surface area (Å²) in [6.45, 7) is 6.14. The summed E-state index contributed by atoms with van der Waals surface area (Å²) in [6.07, 6.45) is 0.375. The second-order valence-corrected chi connectivity index (χ2v) is 3.16. The van der Waals surface area contributed by atoms with Crippen molar-refractivity contribution in [2.45, 2.75) is 39.3 Å². The first-order chi connectivity index (χ1) is 6.10. The Morgan fingerprint density at radius 3 is 2.46 bits per heavy atom. The molecule has 0 saturated carbocycles. The van der Waals surface area contributed by atoms with Crippen LogP contribution in [0.1, 0.15) is 27.2 Å². The maximum atomic E-state index is 11.1. The molecule has 13 heavy (non-hydrogen) atoms. The third-order valence-corrected chi connectivity index (χ3v) is 1.53. The van der Waals surface area contributed by atoms with Crippen molar-refractivity contribution in [3.8, 4) is 0 Å². The molecule has 4 heteroatoms. The molecule has 1 amide bonds. The van der Waals surface area contributed by atoms with E-state index < -0.39 is 0 Å². The van der Waals surface area contributed by atoms with E-state index in [0.29, 0.717) is 6.61 Å². The van der Waals surface area contributed by atoms with Gasteiger partial charge in [0.25, 0.3) is 0 Å². The standard InChI is InChI=1S/C9H19NO3/c1-5-8(6-12-4)10-9(11)13-7(2)3/h7-8H,5-6H2,1-4H3,(H,10,11)/t8-/m1/s1. The third-order valence-electron chi connectivity index (χ3n) is 1.53. The van der Waals surface area contributed by atoms with Crippen LogP contribution in [0.15, 0.2) is 0 Å². The van der Waals surface area contributed by atoms with E-state index in [1.165, 1.54) is 0 Å². The molecule has 0 rings (SSSR count). The largest absolute Gasteiger partial charge is 0.447 e. The SMILES string of the molecule is CC[C@H](COC)NC(=O)OC(C)C. The van der Waals surface area contributed by atoms with Gasteiger partial charge < -0.3 is 14.8 Å². The normalized spacial score (nSPS) is 12.7. The zero-order chi connectivity index (χ0) is 10.3. The lowest BCUT2D eigenvalue weighted by molar-refractivity contribution is 0.102. The van der Waals surface area contributed by atoms with Crippen LogP contribution in [0.4, 0.5) is 4.79 Å². The Morgan fingerprint density at radius 2 is 2.08 bits per heavy atom. The quantitative estimate of drug-likeness (QED) is 0.713. The number of alkyl carbamates (subject to hydrolysis) is 1. The minimum Gasteiger partial charge on any atom is -0.447 e. The van der Waals surface area contributed by atoms with Crippen LogP contribution in [0.25, 0.3) is 0 Å². The molecule has 1 N–H and O–H groups in total. The van der Waals surface area contributed by atoms with Crippen LogP contribution in [-0.2, 0) is 9.47 Å². The Balaban J connectivity index is 3.73. The summed E-state index contributed by atoms with van der Waals surface area (Å²) in [7, 11) is 1.61. The Kier molecular flexibility index (Phi) is 6.32. The van der Waals surface area contributed by atoms with Gasteiger partial charge in [-0.05, 0) is 20.3 Å². The van der Waals surface area contributed by atoms with E-state index in [0.717, 1.165) is 6.42 Å². The lowest BCUT2D eigenvalue weighted by Crippen LogP contribution is -2.38. The van der Waals surface area contributed by atoms with Crippen molar-refractivity contribution in [2.24, 2.45) is 0 Å². The van der Waals surface area contributed by atoms with Crippen molar-refractivity contribution in [1.82, 2.24) is 5.32 Å². The zero-order valence-corrected chi connectivity index (χ0v) is 8.79. The molecule has 0 fully saturated rings. The minimum absolute atomic E-state index is 0.0382. The van der Waals surface area contributed by atoms with E-state index in [9.17, 15) is 4.79 Å². The molecule has 0 spiro atoms. The second kappa shape index (κ2) is 6.71. The van der Waals surface area contributed by atoms with E-state index in [-0.39, 0.29) is 18.2 Å². The van der Waals surface area contributed by atoms with Crippen LogP contribution in [0.3, 0.4) is 0 Å². The Morgan fingerprint density at radius 1 is 1.46 bits per heavy atom. The maximum absolute atomic E-state index is 11.1. The average Bonchev–Trinajstić information content (AvgIpc) is 2.02. The summed E-state index contributed by atoms with van der Waals surface area (Å²) in [5.41, 5.74) is 0. The lowest BCUT2D eigenvalue weighted by Gasteiger charge is -2.16. The summed E-state index contributed by atoms with van der Waals surface area (Å²) in [6, 6.07) is 0.0382. The second-order valence-electron chi connectivity index (χ2n) is 3.16. The summed E-state index contributed by atoms with van der Waals surface area (Å²) in [4.78, 5) is 11.1. The number of methoxy groups -OCH3 is 1. The molecule has 4 nitrogen and oxygen atoms in total. The van der Waals surface area contributed by atoms with Gasteiger partial charge in [-0.3, -0.25) is 0 Å². The van der Waals surface area contributed by atoms with E-state index in [1.807, 2.05) is 20.8 Å². The molecule has 0 aromatic heterocycles. The molecular weight excluding hydrogens is 170 g/mol. The van der Waals surface area contributed by atoms with Crippen molar-refractivity contribution in [3.05, 3.63) is 0 Å². The molecule has 0 unspecified atom stereocenters. The van der Waals surface area contributed by atoms with Crippen LogP contribution in [0.5, 0.6) is 0 Å². The molecule has 0 aliphatic heterocycles. The van der Waals surface area contributed by atoms with E-state index >= 15 is 0 Å². The van der Waals surface area contributed by atoms with Crippen LogP contribution in [0, 0.1) is 0 Å². The number of nitrogens with one attached hydrogen (secondary N) is 1. The van der Waals surface area contributed by atoms with Gasteiger partial charge in [0, 0.05) is 7.11 Å². The molecule has 1 atom stereocenters. The highest BCUT2D eigenvalue weighted by Gasteiger charge is 2.11. The van der Waals surface area contributed by atoms with Gasteiger partial charge in [0.1, 0.15) is 0 Å². The third kappa shape index (κ3) is 6.40. The lowest BCUT2D eigenvalue weighted by atomic mass is 10.2. The molecule has 0 aliphatic carbocycles. The van der Waals surface area contributed by atoms with Crippen molar-refractivity contribution in [1.29, 1.82) is 0 Å². The highest BCUT2D eigenvalue weighted by atomic mass is 16.6.